The maximum Gasteiger partial charge on any atom is 0.0892 e. The average Bonchev–Trinajstić information content (AvgIpc) is 2.62. The Morgan fingerprint density at radius 3 is 1.47 bits per heavy atom. The van der Waals surface area contributed by atoms with Crippen LogP contribution in [0.4, 0.5) is 0 Å². The quantitative estimate of drug-likeness (QED) is 0.608. The van der Waals surface area contributed by atoms with E-state index in [2.05, 4.69) is 48.5 Å². The highest BCUT2D eigenvalue weighted by molar-refractivity contribution is 4.74. The molecule has 1 heterocycles. The van der Waals surface area contributed by atoms with Crippen molar-refractivity contribution in [3.05, 3.63) is 0 Å². The van der Waals surface area contributed by atoms with Crippen LogP contribution in [0.3, 0.4) is 0 Å². The molecule has 1 saturated heterocycles. The standard InChI is InChI=1S/C18H38N/c1-14(2)16(5)17(6)18(7)19(15(3)4)12-10-8-9-11-13-19/h14-18H,8-13H2,1-7H3/q+1. The van der Waals surface area contributed by atoms with Gasteiger partial charge in [0.25, 0.3) is 0 Å². The van der Waals surface area contributed by atoms with E-state index in [4.69, 9.17) is 0 Å². The first-order valence-electron chi connectivity index (χ1n) is 8.69. The van der Waals surface area contributed by atoms with Crippen LogP contribution in [0.2, 0.25) is 0 Å². The van der Waals surface area contributed by atoms with Gasteiger partial charge in [-0.3, -0.25) is 0 Å². The van der Waals surface area contributed by atoms with Gasteiger partial charge in [-0.15, -0.1) is 0 Å². The van der Waals surface area contributed by atoms with E-state index >= 15 is 0 Å². The molecule has 1 aliphatic rings. The molecule has 0 aromatic rings. The van der Waals surface area contributed by atoms with Crippen LogP contribution < -0.4 is 0 Å². The number of hydrogen-bond acceptors (Lipinski definition) is 0. The zero-order valence-corrected chi connectivity index (χ0v) is 14.6. The Kier molecular flexibility index (Phi) is 6.36. The maximum absolute atomic E-state index is 2.54. The molecule has 0 amide bonds. The lowest BCUT2D eigenvalue weighted by atomic mass is 9.80. The molecule has 0 saturated carbocycles. The molecular weight excluding hydrogens is 230 g/mol. The molecule has 1 fully saturated rings. The second kappa shape index (κ2) is 7.11. The number of hydrogen-bond donors (Lipinski definition) is 0. The van der Waals surface area contributed by atoms with Crippen molar-refractivity contribution in [2.75, 3.05) is 13.1 Å². The number of nitrogens with zero attached hydrogens (tertiary/aromatic N) is 1. The van der Waals surface area contributed by atoms with Crippen LogP contribution in [0.1, 0.15) is 74.1 Å². The molecule has 1 aliphatic heterocycles. The molecule has 3 atom stereocenters. The van der Waals surface area contributed by atoms with Crippen molar-refractivity contribution in [2.24, 2.45) is 17.8 Å². The van der Waals surface area contributed by atoms with E-state index in [0.717, 1.165) is 29.8 Å². The number of quaternary nitrogens is 1. The predicted octanol–water partition coefficient (Wildman–Crippen LogP) is 5.10. The molecule has 0 bridgehead atoms. The third-order valence-electron chi connectivity index (χ3n) is 6.38. The van der Waals surface area contributed by atoms with Gasteiger partial charge in [0.15, 0.2) is 0 Å². The smallest absolute Gasteiger partial charge is 0.0892 e. The average molecular weight is 269 g/mol. The van der Waals surface area contributed by atoms with Gasteiger partial charge in [-0.25, -0.2) is 0 Å². The van der Waals surface area contributed by atoms with E-state index in [1.165, 1.54) is 43.3 Å². The third-order valence-corrected chi connectivity index (χ3v) is 6.38. The minimum absolute atomic E-state index is 0.773. The molecule has 1 rings (SSSR count). The Morgan fingerprint density at radius 2 is 1.11 bits per heavy atom. The second-order valence-electron chi connectivity index (χ2n) is 7.76. The highest BCUT2D eigenvalue weighted by Crippen LogP contribution is 2.34. The first kappa shape index (κ1) is 17.0. The Hall–Kier alpha value is -0.0400. The van der Waals surface area contributed by atoms with Crippen LogP contribution in [0, 0.1) is 17.8 Å². The van der Waals surface area contributed by atoms with Gasteiger partial charge in [0.05, 0.1) is 25.2 Å². The van der Waals surface area contributed by atoms with Crippen LogP contribution in [-0.2, 0) is 0 Å². The molecule has 0 N–H and O–H groups in total. The van der Waals surface area contributed by atoms with Crippen molar-refractivity contribution in [3.63, 3.8) is 0 Å². The summed E-state index contributed by atoms with van der Waals surface area (Å²) in [6.45, 7) is 20.0. The largest absolute Gasteiger partial charge is 0.319 e. The van der Waals surface area contributed by atoms with Gasteiger partial charge >= 0.3 is 0 Å². The summed E-state index contributed by atoms with van der Waals surface area (Å²) in [4.78, 5) is 0. The van der Waals surface area contributed by atoms with Crippen molar-refractivity contribution in [3.8, 4) is 0 Å². The minimum Gasteiger partial charge on any atom is -0.319 e. The molecular formula is C18H38N+. The van der Waals surface area contributed by atoms with E-state index in [1.807, 2.05) is 0 Å². The van der Waals surface area contributed by atoms with E-state index in [1.54, 1.807) is 0 Å². The topological polar surface area (TPSA) is 0 Å². The van der Waals surface area contributed by atoms with Crippen LogP contribution >= 0.6 is 0 Å². The van der Waals surface area contributed by atoms with Crippen LogP contribution in [0.25, 0.3) is 0 Å². The molecule has 1 heteroatoms. The summed E-state index contributed by atoms with van der Waals surface area (Å²) < 4.78 is 1.37. The zero-order valence-electron chi connectivity index (χ0n) is 14.6. The van der Waals surface area contributed by atoms with Gasteiger partial charge in [0, 0.05) is 5.92 Å². The number of likely N-dealkylation sites (tertiary alicyclic amines) is 1. The van der Waals surface area contributed by atoms with Crippen molar-refractivity contribution in [1.29, 1.82) is 0 Å². The fourth-order valence-electron chi connectivity index (χ4n) is 4.19. The Balaban J connectivity index is 2.91. The molecule has 114 valence electrons. The second-order valence-corrected chi connectivity index (χ2v) is 7.76. The first-order chi connectivity index (χ1) is 8.83. The van der Waals surface area contributed by atoms with Gasteiger partial charge in [0.1, 0.15) is 0 Å². The molecule has 0 aromatic carbocycles. The summed E-state index contributed by atoms with van der Waals surface area (Å²) in [5, 5.41) is 0. The Bertz CT molecular complexity index is 248. The summed E-state index contributed by atoms with van der Waals surface area (Å²) in [5.41, 5.74) is 0. The molecule has 1 nitrogen and oxygen atoms in total. The van der Waals surface area contributed by atoms with Crippen molar-refractivity contribution >= 4 is 0 Å². The summed E-state index contributed by atoms with van der Waals surface area (Å²) in [6, 6.07) is 1.57. The lowest BCUT2D eigenvalue weighted by Crippen LogP contribution is -2.61. The SMILES string of the molecule is CC(C)C(C)C(C)C(C)[N+]1(C(C)C)CCCCCC1. The molecule has 0 radical (unpaired) electrons. The zero-order chi connectivity index (χ0) is 14.6. The highest BCUT2D eigenvalue weighted by Gasteiger charge is 2.41. The van der Waals surface area contributed by atoms with E-state index in [9.17, 15) is 0 Å². The molecule has 0 aromatic heterocycles. The Morgan fingerprint density at radius 1 is 0.632 bits per heavy atom. The van der Waals surface area contributed by atoms with Gasteiger partial charge in [-0.05, 0) is 58.3 Å². The normalized spacial score (nSPS) is 25.1. The summed E-state index contributed by atoms with van der Waals surface area (Å²) in [6.07, 6.45) is 5.78. The van der Waals surface area contributed by atoms with Crippen molar-refractivity contribution in [1.82, 2.24) is 0 Å². The maximum atomic E-state index is 2.54. The van der Waals surface area contributed by atoms with Crippen molar-refractivity contribution < 1.29 is 4.48 Å². The fourth-order valence-corrected chi connectivity index (χ4v) is 4.19. The third kappa shape index (κ3) is 3.74. The predicted molar refractivity (Wildman–Crippen MR) is 86.2 cm³/mol. The van der Waals surface area contributed by atoms with Crippen LogP contribution in [0.5, 0.6) is 0 Å². The monoisotopic (exact) mass is 268 g/mol. The number of rotatable bonds is 5. The van der Waals surface area contributed by atoms with Gasteiger partial charge in [-0.1, -0.05) is 27.7 Å². The summed E-state index contributed by atoms with van der Waals surface area (Å²) >= 11 is 0. The summed E-state index contributed by atoms with van der Waals surface area (Å²) in [7, 11) is 0. The Labute approximate surface area is 122 Å². The molecule has 19 heavy (non-hydrogen) atoms. The molecule has 3 unspecified atom stereocenters. The lowest BCUT2D eigenvalue weighted by molar-refractivity contribution is -0.971. The highest BCUT2D eigenvalue weighted by atomic mass is 15.4. The summed E-state index contributed by atoms with van der Waals surface area (Å²) in [5.74, 6) is 2.45. The van der Waals surface area contributed by atoms with Gasteiger partial charge in [0.2, 0.25) is 0 Å². The first-order valence-corrected chi connectivity index (χ1v) is 8.69. The van der Waals surface area contributed by atoms with Crippen LogP contribution in [-0.4, -0.2) is 29.7 Å². The van der Waals surface area contributed by atoms with Gasteiger partial charge < -0.3 is 4.48 Å². The van der Waals surface area contributed by atoms with Crippen molar-refractivity contribution in [2.45, 2.75) is 86.2 Å². The van der Waals surface area contributed by atoms with E-state index < -0.39 is 0 Å². The van der Waals surface area contributed by atoms with E-state index in [-0.39, 0.29) is 0 Å². The molecule has 0 spiro atoms. The van der Waals surface area contributed by atoms with Crippen LogP contribution in [0.15, 0.2) is 0 Å². The fraction of sp³-hybridized carbons (Fsp3) is 1.00. The molecule has 0 aliphatic carbocycles. The lowest BCUT2D eigenvalue weighted by Gasteiger charge is -2.50. The van der Waals surface area contributed by atoms with Gasteiger partial charge in [-0.2, -0.15) is 0 Å². The minimum atomic E-state index is 0.773. The van der Waals surface area contributed by atoms with E-state index in [0.29, 0.717) is 0 Å².